The van der Waals surface area contributed by atoms with Gasteiger partial charge < -0.3 is 19.1 Å². The summed E-state index contributed by atoms with van der Waals surface area (Å²) < 4.78 is 15.9. The SMILES string of the molecule is COC(=O)c1nccc(O[C@H]2CCN(C(=O)OC(C)(C)C)[C@@H](C)C2)n1. The van der Waals surface area contributed by atoms with Gasteiger partial charge in [0.1, 0.15) is 11.7 Å². The van der Waals surface area contributed by atoms with Crippen molar-refractivity contribution in [3.63, 3.8) is 0 Å². The van der Waals surface area contributed by atoms with Crippen molar-refractivity contribution >= 4 is 12.1 Å². The van der Waals surface area contributed by atoms with Gasteiger partial charge in [0.25, 0.3) is 0 Å². The zero-order valence-corrected chi connectivity index (χ0v) is 15.3. The first-order chi connectivity index (χ1) is 11.7. The van der Waals surface area contributed by atoms with Crippen LogP contribution in [0.3, 0.4) is 0 Å². The molecule has 1 amide bonds. The summed E-state index contributed by atoms with van der Waals surface area (Å²) in [4.78, 5) is 33.3. The number of ether oxygens (including phenoxy) is 3. The average Bonchev–Trinajstić information content (AvgIpc) is 2.52. The summed E-state index contributed by atoms with van der Waals surface area (Å²) >= 11 is 0. The number of esters is 1. The van der Waals surface area contributed by atoms with E-state index in [1.165, 1.54) is 13.3 Å². The van der Waals surface area contributed by atoms with Gasteiger partial charge in [-0.2, -0.15) is 4.98 Å². The minimum absolute atomic E-state index is 0.0180. The molecule has 1 aromatic heterocycles. The fraction of sp³-hybridized carbons (Fsp3) is 0.647. The fourth-order valence-corrected chi connectivity index (χ4v) is 2.60. The summed E-state index contributed by atoms with van der Waals surface area (Å²) in [7, 11) is 1.27. The number of nitrogens with zero attached hydrogens (tertiary/aromatic N) is 3. The molecule has 0 saturated carbocycles. The molecule has 0 unspecified atom stereocenters. The third kappa shape index (κ3) is 5.30. The highest BCUT2D eigenvalue weighted by molar-refractivity contribution is 5.84. The second-order valence-electron chi connectivity index (χ2n) is 7.00. The van der Waals surface area contributed by atoms with E-state index in [0.717, 1.165) is 0 Å². The van der Waals surface area contributed by atoms with E-state index in [1.54, 1.807) is 11.0 Å². The second kappa shape index (κ2) is 7.67. The third-order valence-electron chi connectivity index (χ3n) is 3.74. The van der Waals surface area contributed by atoms with Gasteiger partial charge in [-0.3, -0.25) is 0 Å². The Morgan fingerprint density at radius 2 is 2.04 bits per heavy atom. The molecule has 1 fully saturated rings. The van der Waals surface area contributed by atoms with Crippen LogP contribution < -0.4 is 4.74 Å². The van der Waals surface area contributed by atoms with Crippen LogP contribution in [0.1, 0.15) is 51.2 Å². The summed E-state index contributed by atoms with van der Waals surface area (Å²) in [6.45, 7) is 8.03. The predicted molar refractivity (Wildman–Crippen MR) is 89.4 cm³/mol. The molecule has 2 atom stereocenters. The Bertz CT molecular complexity index is 629. The predicted octanol–water partition coefficient (Wildman–Crippen LogP) is 2.43. The molecule has 0 radical (unpaired) electrons. The molecule has 0 aromatic carbocycles. The number of carbonyl (C=O) groups is 2. The normalized spacial score (nSPS) is 20.8. The Morgan fingerprint density at radius 1 is 1.32 bits per heavy atom. The van der Waals surface area contributed by atoms with Gasteiger partial charge in [0.15, 0.2) is 0 Å². The Morgan fingerprint density at radius 3 is 2.64 bits per heavy atom. The number of rotatable bonds is 3. The van der Waals surface area contributed by atoms with Crippen molar-refractivity contribution in [2.45, 2.75) is 58.3 Å². The van der Waals surface area contributed by atoms with Crippen LogP contribution in [0.15, 0.2) is 12.3 Å². The quantitative estimate of drug-likeness (QED) is 0.772. The topological polar surface area (TPSA) is 90.9 Å². The fourth-order valence-electron chi connectivity index (χ4n) is 2.60. The molecule has 1 saturated heterocycles. The smallest absolute Gasteiger partial charge is 0.410 e. The number of hydrogen-bond donors (Lipinski definition) is 0. The number of likely N-dealkylation sites (tertiary alicyclic amines) is 1. The van der Waals surface area contributed by atoms with Gasteiger partial charge in [-0.15, -0.1) is 0 Å². The molecule has 8 heteroatoms. The zero-order valence-electron chi connectivity index (χ0n) is 15.3. The van der Waals surface area contributed by atoms with Crippen LogP contribution in [0.4, 0.5) is 4.79 Å². The molecule has 138 valence electrons. The summed E-state index contributed by atoms with van der Waals surface area (Å²) in [5, 5.41) is 0. The van der Waals surface area contributed by atoms with Gasteiger partial charge in [-0.05, 0) is 27.7 Å². The highest BCUT2D eigenvalue weighted by Gasteiger charge is 2.32. The average molecular weight is 351 g/mol. The largest absolute Gasteiger partial charge is 0.474 e. The van der Waals surface area contributed by atoms with E-state index < -0.39 is 11.6 Å². The van der Waals surface area contributed by atoms with E-state index in [1.807, 2.05) is 27.7 Å². The monoisotopic (exact) mass is 351 g/mol. The van der Waals surface area contributed by atoms with E-state index in [2.05, 4.69) is 14.7 Å². The first-order valence-corrected chi connectivity index (χ1v) is 8.27. The Labute approximate surface area is 147 Å². The van der Waals surface area contributed by atoms with Crippen molar-refractivity contribution in [1.82, 2.24) is 14.9 Å². The van der Waals surface area contributed by atoms with Gasteiger partial charge in [0.2, 0.25) is 11.7 Å². The molecule has 25 heavy (non-hydrogen) atoms. The molecule has 0 N–H and O–H groups in total. The molecule has 1 aliphatic heterocycles. The molecular formula is C17H25N3O5. The zero-order chi connectivity index (χ0) is 18.6. The van der Waals surface area contributed by atoms with Crippen molar-refractivity contribution in [3.8, 4) is 5.88 Å². The van der Waals surface area contributed by atoms with Crippen LogP contribution in [0.5, 0.6) is 5.88 Å². The van der Waals surface area contributed by atoms with Gasteiger partial charge in [0, 0.05) is 37.7 Å². The van der Waals surface area contributed by atoms with Crippen LogP contribution in [-0.4, -0.2) is 58.3 Å². The van der Waals surface area contributed by atoms with Gasteiger partial charge in [0.05, 0.1) is 7.11 Å². The van der Waals surface area contributed by atoms with Crippen molar-refractivity contribution in [2.24, 2.45) is 0 Å². The lowest BCUT2D eigenvalue weighted by molar-refractivity contribution is -0.00162. The second-order valence-corrected chi connectivity index (χ2v) is 7.00. The Balaban J connectivity index is 1.95. The molecule has 1 aromatic rings. The van der Waals surface area contributed by atoms with Gasteiger partial charge in [-0.25, -0.2) is 14.6 Å². The van der Waals surface area contributed by atoms with E-state index in [0.29, 0.717) is 25.3 Å². The first kappa shape index (κ1) is 19.0. The van der Waals surface area contributed by atoms with E-state index in [9.17, 15) is 9.59 Å². The Kier molecular flexibility index (Phi) is 5.81. The van der Waals surface area contributed by atoms with E-state index >= 15 is 0 Å². The summed E-state index contributed by atoms with van der Waals surface area (Å²) in [6, 6.07) is 1.58. The third-order valence-corrected chi connectivity index (χ3v) is 3.74. The number of methoxy groups -OCH3 is 1. The van der Waals surface area contributed by atoms with Crippen LogP contribution >= 0.6 is 0 Å². The van der Waals surface area contributed by atoms with Crippen LogP contribution in [0.2, 0.25) is 0 Å². The maximum atomic E-state index is 12.2. The number of amides is 1. The molecular weight excluding hydrogens is 326 g/mol. The minimum Gasteiger partial charge on any atom is -0.474 e. The molecule has 0 spiro atoms. The number of aromatic nitrogens is 2. The number of carbonyl (C=O) groups excluding carboxylic acids is 2. The number of piperidine rings is 1. The van der Waals surface area contributed by atoms with Gasteiger partial charge >= 0.3 is 12.1 Å². The molecule has 2 heterocycles. The molecule has 2 rings (SSSR count). The lowest BCUT2D eigenvalue weighted by atomic mass is 10.0. The highest BCUT2D eigenvalue weighted by Crippen LogP contribution is 2.23. The Hall–Kier alpha value is -2.38. The van der Waals surface area contributed by atoms with E-state index in [-0.39, 0.29) is 24.1 Å². The standard InChI is InChI=1S/C17H25N3O5/c1-11-10-12(7-9-20(11)16(22)25-17(2,3)4)24-13-6-8-18-14(19-13)15(21)23-5/h6,8,11-12H,7,9-10H2,1-5H3/t11-,12-/m0/s1. The maximum Gasteiger partial charge on any atom is 0.410 e. The molecule has 0 aliphatic carbocycles. The van der Waals surface area contributed by atoms with Crippen molar-refractivity contribution in [1.29, 1.82) is 0 Å². The number of hydrogen-bond acceptors (Lipinski definition) is 7. The maximum absolute atomic E-state index is 12.2. The van der Waals surface area contributed by atoms with Crippen LogP contribution in [-0.2, 0) is 9.47 Å². The molecule has 0 bridgehead atoms. The summed E-state index contributed by atoms with van der Waals surface area (Å²) in [5.41, 5.74) is -0.518. The molecule has 8 nitrogen and oxygen atoms in total. The van der Waals surface area contributed by atoms with Crippen LogP contribution in [0.25, 0.3) is 0 Å². The highest BCUT2D eigenvalue weighted by atomic mass is 16.6. The lowest BCUT2D eigenvalue weighted by Crippen LogP contribution is -2.49. The minimum atomic E-state index is -0.612. The van der Waals surface area contributed by atoms with Gasteiger partial charge in [-0.1, -0.05) is 0 Å². The van der Waals surface area contributed by atoms with Crippen molar-refractivity contribution < 1.29 is 23.8 Å². The molecule has 1 aliphatic rings. The van der Waals surface area contributed by atoms with E-state index in [4.69, 9.17) is 9.47 Å². The summed E-state index contributed by atoms with van der Waals surface area (Å²) in [5.74, 6) is -0.337. The first-order valence-electron chi connectivity index (χ1n) is 8.27. The summed E-state index contributed by atoms with van der Waals surface area (Å²) in [6.07, 6.45) is 2.34. The lowest BCUT2D eigenvalue weighted by Gasteiger charge is -2.38. The van der Waals surface area contributed by atoms with Crippen molar-refractivity contribution in [3.05, 3.63) is 18.1 Å². The van der Waals surface area contributed by atoms with Crippen molar-refractivity contribution in [2.75, 3.05) is 13.7 Å². The van der Waals surface area contributed by atoms with Crippen LogP contribution in [0, 0.1) is 0 Å².